The monoisotopic (exact) mass is 217 g/mol. The first-order valence-corrected chi connectivity index (χ1v) is 5.72. The van der Waals surface area contributed by atoms with Gasteiger partial charge in [-0.15, -0.1) is 0 Å². The van der Waals surface area contributed by atoms with Crippen LogP contribution in [0.3, 0.4) is 0 Å². The number of fused-ring (bicyclic) bond motifs is 3. The summed E-state index contributed by atoms with van der Waals surface area (Å²) in [6.07, 6.45) is 0.980. The molecule has 0 bridgehead atoms. The summed E-state index contributed by atoms with van der Waals surface area (Å²) in [6, 6.07) is 6.19. The molecule has 1 aromatic heterocycles. The van der Waals surface area contributed by atoms with Crippen molar-refractivity contribution in [2.24, 2.45) is 0 Å². The van der Waals surface area contributed by atoms with Gasteiger partial charge in [-0.3, -0.25) is 0 Å². The molecule has 2 aromatic rings. The van der Waals surface area contributed by atoms with Crippen LogP contribution in [0, 0.1) is 0 Å². The van der Waals surface area contributed by atoms with Crippen molar-refractivity contribution in [2.45, 2.75) is 20.0 Å². The third kappa shape index (κ3) is 1.48. The summed E-state index contributed by atoms with van der Waals surface area (Å²) in [5.41, 5.74) is 3.79. The zero-order valence-electron chi connectivity index (χ0n) is 9.38. The molecule has 0 radical (unpaired) electrons. The summed E-state index contributed by atoms with van der Waals surface area (Å²) >= 11 is 0. The molecule has 3 nitrogen and oxygen atoms in total. The van der Waals surface area contributed by atoms with Crippen LogP contribution in [0.15, 0.2) is 18.2 Å². The number of H-pyrrole nitrogens is 1. The summed E-state index contributed by atoms with van der Waals surface area (Å²) in [7, 11) is 0. The van der Waals surface area contributed by atoms with Gasteiger partial charge in [0.1, 0.15) is 5.75 Å². The van der Waals surface area contributed by atoms with Crippen molar-refractivity contribution in [3.8, 4) is 5.75 Å². The average Bonchev–Trinajstić information content (AvgIpc) is 2.68. The van der Waals surface area contributed by atoms with E-state index in [4.69, 9.17) is 9.47 Å². The van der Waals surface area contributed by atoms with Gasteiger partial charge in [-0.2, -0.15) is 0 Å². The molecule has 0 unspecified atom stereocenters. The molecule has 1 aliphatic rings. The summed E-state index contributed by atoms with van der Waals surface area (Å²) in [5.74, 6) is 0.933. The number of rotatable bonds is 2. The predicted molar refractivity (Wildman–Crippen MR) is 62.8 cm³/mol. The van der Waals surface area contributed by atoms with Crippen LogP contribution in [0.1, 0.15) is 18.2 Å². The van der Waals surface area contributed by atoms with E-state index in [9.17, 15) is 0 Å². The van der Waals surface area contributed by atoms with Crippen molar-refractivity contribution in [3.05, 3.63) is 29.5 Å². The SMILES string of the molecule is CCOc1ccc2[nH]c3c(c2c1)COCC3. The maximum atomic E-state index is 5.52. The van der Waals surface area contributed by atoms with Crippen LogP contribution < -0.4 is 4.74 Å². The third-order valence-electron chi connectivity index (χ3n) is 3.02. The molecule has 1 aliphatic heterocycles. The summed E-state index contributed by atoms with van der Waals surface area (Å²) in [5, 5.41) is 1.24. The second-order valence-corrected chi connectivity index (χ2v) is 4.03. The number of nitrogens with one attached hydrogen (secondary N) is 1. The van der Waals surface area contributed by atoms with Crippen molar-refractivity contribution in [1.82, 2.24) is 4.98 Å². The van der Waals surface area contributed by atoms with E-state index in [0.29, 0.717) is 13.2 Å². The Kier molecular flexibility index (Phi) is 2.33. The van der Waals surface area contributed by atoms with Crippen molar-refractivity contribution in [2.75, 3.05) is 13.2 Å². The van der Waals surface area contributed by atoms with Crippen LogP contribution in [-0.4, -0.2) is 18.2 Å². The molecule has 3 heteroatoms. The number of hydrogen-bond acceptors (Lipinski definition) is 2. The summed E-state index contributed by atoms with van der Waals surface area (Å²) in [4.78, 5) is 3.45. The lowest BCUT2D eigenvalue weighted by Crippen LogP contribution is -2.08. The van der Waals surface area contributed by atoms with Gasteiger partial charge in [0.25, 0.3) is 0 Å². The lowest BCUT2D eigenvalue weighted by Gasteiger charge is -2.12. The first kappa shape index (κ1) is 9.73. The second kappa shape index (κ2) is 3.83. The topological polar surface area (TPSA) is 34.2 Å². The van der Waals surface area contributed by atoms with E-state index in [1.165, 1.54) is 22.2 Å². The van der Waals surface area contributed by atoms with Crippen LogP contribution >= 0.6 is 0 Å². The molecule has 0 fully saturated rings. The molecule has 1 N–H and O–H groups in total. The molecule has 84 valence electrons. The quantitative estimate of drug-likeness (QED) is 0.839. The van der Waals surface area contributed by atoms with E-state index in [1.807, 2.05) is 13.0 Å². The molecular formula is C13H15NO2. The average molecular weight is 217 g/mol. The van der Waals surface area contributed by atoms with Gasteiger partial charge in [-0.25, -0.2) is 0 Å². The standard InChI is InChI=1S/C13H15NO2/c1-2-16-9-3-4-12-10(7-9)11-8-15-6-5-13(11)14-12/h3-4,7,14H,2,5-6,8H2,1H3. The van der Waals surface area contributed by atoms with E-state index in [2.05, 4.69) is 17.1 Å². The number of aromatic nitrogens is 1. The van der Waals surface area contributed by atoms with Crippen LogP contribution in [0.2, 0.25) is 0 Å². The molecule has 3 rings (SSSR count). The highest BCUT2D eigenvalue weighted by atomic mass is 16.5. The molecule has 16 heavy (non-hydrogen) atoms. The van der Waals surface area contributed by atoms with Crippen molar-refractivity contribution in [1.29, 1.82) is 0 Å². The van der Waals surface area contributed by atoms with Gasteiger partial charge in [0.2, 0.25) is 0 Å². The highest BCUT2D eigenvalue weighted by Gasteiger charge is 2.15. The van der Waals surface area contributed by atoms with Crippen LogP contribution in [0.5, 0.6) is 5.75 Å². The number of aromatic amines is 1. The number of benzene rings is 1. The lowest BCUT2D eigenvalue weighted by atomic mass is 10.1. The molecular weight excluding hydrogens is 202 g/mol. The van der Waals surface area contributed by atoms with Gasteiger partial charge < -0.3 is 14.5 Å². The molecule has 2 heterocycles. The first-order chi connectivity index (χ1) is 7.88. The van der Waals surface area contributed by atoms with Gasteiger partial charge in [-0.05, 0) is 25.1 Å². The Morgan fingerprint density at radius 1 is 1.44 bits per heavy atom. The first-order valence-electron chi connectivity index (χ1n) is 5.72. The van der Waals surface area contributed by atoms with Crippen LogP contribution in [0.4, 0.5) is 0 Å². The third-order valence-corrected chi connectivity index (χ3v) is 3.02. The molecule has 0 atom stereocenters. The van der Waals surface area contributed by atoms with E-state index in [-0.39, 0.29) is 0 Å². The van der Waals surface area contributed by atoms with Crippen LogP contribution in [-0.2, 0) is 17.8 Å². The maximum absolute atomic E-state index is 5.52. The normalized spacial score (nSPS) is 15.1. The Balaban J connectivity index is 2.13. The largest absolute Gasteiger partial charge is 0.494 e. The Hall–Kier alpha value is -1.48. The molecule has 0 saturated heterocycles. The molecule has 0 saturated carbocycles. The van der Waals surface area contributed by atoms with Crippen molar-refractivity contribution < 1.29 is 9.47 Å². The second-order valence-electron chi connectivity index (χ2n) is 4.03. The minimum absolute atomic E-state index is 0.703. The Labute approximate surface area is 94.4 Å². The zero-order chi connectivity index (χ0) is 11.0. The highest BCUT2D eigenvalue weighted by Crippen LogP contribution is 2.29. The van der Waals surface area contributed by atoms with Gasteiger partial charge in [0.05, 0.1) is 19.8 Å². The minimum Gasteiger partial charge on any atom is -0.494 e. The predicted octanol–water partition coefficient (Wildman–Crippen LogP) is 2.64. The lowest BCUT2D eigenvalue weighted by molar-refractivity contribution is 0.111. The molecule has 0 aliphatic carbocycles. The van der Waals surface area contributed by atoms with E-state index in [0.717, 1.165) is 18.8 Å². The van der Waals surface area contributed by atoms with Crippen molar-refractivity contribution >= 4 is 10.9 Å². The molecule has 0 spiro atoms. The Bertz CT molecular complexity index is 516. The fourth-order valence-electron chi connectivity index (χ4n) is 2.27. The van der Waals surface area contributed by atoms with Crippen LogP contribution in [0.25, 0.3) is 10.9 Å². The fraction of sp³-hybridized carbons (Fsp3) is 0.385. The number of ether oxygens (including phenoxy) is 2. The van der Waals surface area contributed by atoms with Gasteiger partial charge >= 0.3 is 0 Å². The minimum atomic E-state index is 0.703. The maximum Gasteiger partial charge on any atom is 0.120 e. The fourth-order valence-corrected chi connectivity index (χ4v) is 2.27. The van der Waals surface area contributed by atoms with E-state index < -0.39 is 0 Å². The smallest absolute Gasteiger partial charge is 0.120 e. The van der Waals surface area contributed by atoms with Gasteiger partial charge in [0, 0.05) is 28.6 Å². The van der Waals surface area contributed by atoms with Crippen molar-refractivity contribution in [3.63, 3.8) is 0 Å². The van der Waals surface area contributed by atoms with Gasteiger partial charge in [-0.1, -0.05) is 0 Å². The highest BCUT2D eigenvalue weighted by molar-refractivity contribution is 5.86. The Morgan fingerprint density at radius 2 is 2.38 bits per heavy atom. The zero-order valence-corrected chi connectivity index (χ0v) is 9.38. The van der Waals surface area contributed by atoms with E-state index >= 15 is 0 Å². The number of hydrogen-bond donors (Lipinski definition) is 1. The van der Waals surface area contributed by atoms with Gasteiger partial charge in [0.15, 0.2) is 0 Å². The Morgan fingerprint density at radius 3 is 3.25 bits per heavy atom. The molecule has 1 aromatic carbocycles. The summed E-state index contributed by atoms with van der Waals surface area (Å²) < 4.78 is 11.0. The van der Waals surface area contributed by atoms with E-state index in [1.54, 1.807) is 0 Å². The summed E-state index contributed by atoms with van der Waals surface area (Å²) in [6.45, 7) is 4.23. The molecule has 0 amide bonds.